The molecule has 0 unspecified atom stereocenters. The fourth-order valence-corrected chi connectivity index (χ4v) is 4.69. The average Bonchev–Trinajstić information content (AvgIpc) is 3.34. The molecule has 11 nitrogen and oxygen atoms in total. The number of hydrazine groups is 2. The third-order valence-electron chi connectivity index (χ3n) is 6.86. The number of amides is 2. The van der Waals surface area contributed by atoms with E-state index in [1.807, 2.05) is 37.3 Å². The standard InChI is InChI=1S/C29H31FN8O3/c1-18-33-24-12-13-25(23(26(24)34-18)11-4-19-2-5-20(6-3-19)27(31)32)41-29(40)36-38-16-14-37(15-17-38)35-28(39)21-7-9-22(30)10-8-21/h2-3,5-10,12-13H,4,11,14-17H2,1H3,(H3,31,32)(H,33,34)(H,35,39)(H,36,40). The van der Waals surface area contributed by atoms with Gasteiger partial charge in [0, 0.05) is 42.9 Å². The van der Waals surface area contributed by atoms with Crippen LogP contribution in [-0.2, 0) is 12.8 Å². The molecule has 0 atom stereocenters. The van der Waals surface area contributed by atoms with Crippen molar-refractivity contribution in [1.29, 1.82) is 5.41 Å². The highest BCUT2D eigenvalue weighted by Crippen LogP contribution is 2.28. The molecule has 0 bridgehead atoms. The molecule has 2 amide bonds. The van der Waals surface area contributed by atoms with Gasteiger partial charge in [-0.3, -0.25) is 21.1 Å². The van der Waals surface area contributed by atoms with E-state index in [2.05, 4.69) is 20.8 Å². The van der Waals surface area contributed by atoms with Gasteiger partial charge in [-0.15, -0.1) is 0 Å². The number of nitrogens with two attached hydrogens (primary N) is 1. The number of nitrogens with zero attached hydrogens (tertiary/aromatic N) is 3. The Morgan fingerprint density at radius 1 is 0.951 bits per heavy atom. The van der Waals surface area contributed by atoms with Crippen LogP contribution in [0.2, 0.25) is 0 Å². The minimum absolute atomic E-state index is 0.0196. The summed E-state index contributed by atoms with van der Waals surface area (Å²) in [6.07, 6.45) is 0.635. The minimum atomic E-state index is -0.618. The number of hydrogen-bond donors (Lipinski definition) is 5. The fourth-order valence-electron chi connectivity index (χ4n) is 4.69. The molecule has 0 radical (unpaired) electrons. The number of benzene rings is 3. The highest BCUT2D eigenvalue weighted by molar-refractivity contribution is 5.95. The molecule has 1 aliphatic heterocycles. The van der Waals surface area contributed by atoms with Gasteiger partial charge in [0.2, 0.25) is 0 Å². The number of amidine groups is 1. The summed E-state index contributed by atoms with van der Waals surface area (Å²) in [6, 6.07) is 16.4. The van der Waals surface area contributed by atoms with Crippen molar-refractivity contribution in [2.45, 2.75) is 19.8 Å². The largest absolute Gasteiger partial charge is 0.427 e. The van der Waals surface area contributed by atoms with Gasteiger partial charge < -0.3 is 15.5 Å². The number of carbonyl (C=O) groups is 2. The van der Waals surface area contributed by atoms with E-state index in [4.69, 9.17) is 15.9 Å². The van der Waals surface area contributed by atoms with Crippen molar-refractivity contribution in [2.75, 3.05) is 26.2 Å². The first-order valence-corrected chi connectivity index (χ1v) is 13.2. The van der Waals surface area contributed by atoms with Crippen molar-refractivity contribution >= 4 is 28.9 Å². The number of fused-ring (bicyclic) bond motifs is 1. The van der Waals surface area contributed by atoms with Crippen LogP contribution in [-0.4, -0.2) is 64.0 Å². The number of nitrogens with one attached hydrogen (secondary N) is 4. The predicted octanol–water partition coefficient (Wildman–Crippen LogP) is 3.05. The van der Waals surface area contributed by atoms with Gasteiger partial charge in [0.1, 0.15) is 23.2 Å². The van der Waals surface area contributed by atoms with Gasteiger partial charge >= 0.3 is 6.09 Å². The summed E-state index contributed by atoms with van der Waals surface area (Å²) in [5.74, 6) is 0.480. The molecule has 41 heavy (non-hydrogen) atoms. The second-order valence-electron chi connectivity index (χ2n) is 9.79. The van der Waals surface area contributed by atoms with Crippen LogP contribution in [0.15, 0.2) is 60.7 Å². The molecule has 1 aliphatic rings. The number of ether oxygens (including phenoxy) is 1. The fraction of sp³-hybridized carbons (Fsp3) is 0.241. The topological polar surface area (TPSA) is 152 Å². The van der Waals surface area contributed by atoms with E-state index >= 15 is 0 Å². The normalized spacial score (nSPS) is 14.1. The third kappa shape index (κ3) is 6.86. The van der Waals surface area contributed by atoms with Crippen LogP contribution in [0.5, 0.6) is 5.75 Å². The quantitative estimate of drug-likeness (QED) is 0.165. The van der Waals surface area contributed by atoms with E-state index in [1.54, 1.807) is 16.1 Å². The van der Waals surface area contributed by atoms with E-state index in [-0.39, 0.29) is 11.7 Å². The maximum atomic E-state index is 13.1. The lowest BCUT2D eigenvalue weighted by Crippen LogP contribution is -2.58. The number of halogens is 1. The van der Waals surface area contributed by atoms with E-state index in [1.165, 1.54) is 24.3 Å². The van der Waals surface area contributed by atoms with Crippen LogP contribution in [0.3, 0.4) is 0 Å². The van der Waals surface area contributed by atoms with E-state index in [9.17, 15) is 14.0 Å². The molecule has 3 aromatic carbocycles. The maximum absolute atomic E-state index is 13.1. The first kappa shape index (κ1) is 27.7. The van der Waals surface area contributed by atoms with Crippen molar-refractivity contribution in [2.24, 2.45) is 5.73 Å². The van der Waals surface area contributed by atoms with Gasteiger partial charge in [0.25, 0.3) is 5.91 Å². The molecule has 6 N–H and O–H groups in total. The van der Waals surface area contributed by atoms with Crippen LogP contribution < -0.4 is 21.3 Å². The molecule has 1 saturated heterocycles. The summed E-state index contributed by atoms with van der Waals surface area (Å²) in [5.41, 5.74) is 15.6. The summed E-state index contributed by atoms with van der Waals surface area (Å²) in [6.45, 7) is 3.73. The molecule has 4 aromatic rings. The average molecular weight is 559 g/mol. The summed E-state index contributed by atoms with van der Waals surface area (Å²) in [5, 5.41) is 11.1. The SMILES string of the molecule is Cc1nc2c(CCc3ccc(C(=N)N)cc3)c(OC(=O)NN3CCN(NC(=O)c4ccc(F)cc4)CC3)ccc2[nH]1. The predicted molar refractivity (Wildman–Crippen MR) is 152 cm³/mol. The second kappa shape index (κ2) is 12.1. The Labute approximate surface area is 235 Å². The van der Waals surface area contributed by atoms with Gasteiger partial charge in [-0.25, -0.2) is 24.2 Å². The Bertz CT molecular complexity index is 1560. The van der Waals surface area contributed by atoms with E-state index in [0.717, 1.165) is 28.0 Å². The highest BCUT2D eigenvalue weighted by atomic mass is 19.1. The lowest BCUT2D eigenvalue weighted by atomic mass is 10.0. The van der Waals surface area contributed by atoms with Gasteiger partial charge in [0.05, 0.1) is 11.0 Å². The molecule has 0 spiro atoms. The zero-order valence-corrected chi connectivity index (χ0v) is 22.5. The highest BCUT2D eigenvalue weighted by Gasteiger charge is 2.22. The number of carbonyl (C=O) groups excluding carboxylic acids is 2. The first-order valence-electron chi connectivity index (χ1n) is 13.2. The van der Waals surface area contributed by atoms with Crippen LogP contribution in [0.1, 0.15) is 32.9 Å². The first-order chi connectivity index (χ1) is 19.7. The Hall–Kier alpha value is -4.81. The van der Waals surface area contributed by atoms with Crippen molar-refractivity contribution in [1.82, 2.24) is 30.8 Å². The van der Waals surface area contributed by atoms with Crippen LogP contribution in [0, 0.1) is 18.2 Å². The number of aryl methyl sites for hydroxylation is 3. The minimum Gasteiger partial charge on any atom is -0.409 e. The number of aromatic amines is 1. The monoisotopic (exact) mass is 558 g/mol. The number of aromatic nitrogens is 2. The Kier molecular flexibility index (Phi) is 8.22. The summed E-state index contributed by atoms with van der Waals surface area (Å²) < 4.78 is 18.9. The van der Waals surface area contributed by atoms with E-state index < -0.39 is 11.9 Å². The lowest BCUT2D eigenvalue weighted by Gasteiger charge is -2.34. The lowest BCUT2D eigenvalue weighted by molar-refractivity contribution is 0.0483. The molecule has 212 valence electrons. The molecule has 1 fully saturated rings. The van der Waals surface area contributed by atoms with E-state index in [0.29, 0.717) is 55.9 Å². The Morgan fingerprint density at radius 2 is 1.59 bits per heavy atom. The number of H-pyrrole nitrogens is 1. The number of rotatable bonds is 8. The van der Waals surface area contributed by atoms with Crippen LogP contribution in [0.25, 0.3) is 11.0 Å². The number of nitrogen functional groups attached to an aromatic ring is 1. The van der Waals surface area contributed by atoms with Crippen molar-refractivity contribution in [3.8, 4) is 5.75 Å². The molecular weight excluding hydrogens is 527 g/mol. The maximum Gasteiger partial charge on any atom is 0.427 e. The van der Waals surface area contributed by atoms with Crippen molar-refractivity contribution in [3.63, 3.8) is 0 Å². The third-order valence-corrected chi connectivity index (χ3v) is 6.86. The molecule has 12 heteroatoms. The second-order valence-corrected chi connectivity index (χ2v) is 9.79. The number of imidazole rings is 1. The zero-order chi connectivity index (χ0) is 28.9. The summed E-state index contributed by atoms with van der Waals surface area (Å²) in [4.78, 5) is 33.1. The number of piperazine rings is 1. The van der Waals surface area contributed by atoms with Gasteiger partial charge in [-0.1, -0.05) is 24.3 Å². The molecule has 0 aliphatic carbocycles. The molecule has 0 saturated carbocycles. The molecule has 2 heterocycles. The van der Waals surface area contributed by atoms with Gasteiger partial charge in [-0.05, 0) is 61.7 Å². The summed E-state index contributed by atoms with van der Waals surface area (Å²) >= 11 is 0. The van der Waals surface area contributed by atoms with Crippen LogP contribution in [0.4, 0.5) is 9.18 Å². The molecule has 1 aromatic heterocycles. The van der Waals surface area contributed by atoms with Crippen LogP contribution >= 0.6 is 0 Å². The van der Waals surface area contributed by atoms with Gasteiger partial charge in [-0.2, -0.15) is 0 Å². The smallest absolute Gasteiger partial charge is 0.409 e. The Morgan fingerprint density at radius 3 is 2.24 bits per heavy atom. The van der Waals surface area contributed by atoms with Crippen molar-refractivity contribution < 1.29 is 18.7 Å². The molecular formula is C29H31FN8O3. The Balaban J connectivity index is 1.19. The summed E-state index contributed by atoms with van der Waals surface area (Å²) in [7, 11) is 0. The zero-order valence-electron chi connectivity index (χ0n) is 22.5. The van der Waals surface area contributed by atoms with Gasteiger partial charge in [0.15, 0.2) is 0 Å². The number of hydrogen-bond acceptors (Lipinski definition) is 7. The van der Waals surface area contributed by atoms with Crippen molar-refractivity contribution in [3.05, 3.63) is 94.6 Å². The molecule has 5 rings (SSSR count).